The van der Waals surface area contributed by atoms with Crippen molar-refractivity contribution < 1.29 is 13.5 Å². The normalized spacial score (nSPS) is 11.2. The van der Waals surface area contributed by atoms with Crippen LogP contribution < -0.4 is 0 Å². The molecule has 124 valence electrons. The zero-order valence-corrected chi connectivity index (χ0v) is 15.9. The minimum Gasteiger partial charge on any atom is -0.508 e. The molecule has 0 bridgehead atoms. The highest BCUT2D eigenvalue weighted by atomic mass is 79.9. The maximum absolute atomic E-state index is 10.6. The minimum absolute atomic E-state index is 0.136. The SMILES string of the molecule is CS(=O)(=O)N=Cc1ccc(O)cc1.Cc1cc(C)c(C)c(Br)c1. The van der Waals surface area contributed by atoms with Crippen LogP contribution in [0.4, 0.5) is 0 Å². The van der Waals surface area contributed by atoms with Crippen LogP contribution in [0.1, 0.15) is 22.3 Å². The van der Waals surface area contributed by atoms with Crippen molar-refractivity contribution >= 4 is 32.2 Å². The Morgan fingerprint density at radius 1 is 1.09 bits per heavy atom. The summed E-state index contributed by atoms with van der Waals surface area (Å²) in [7, 11) is -3.33. The summed E-state index contributed by atoms with van der Waals surface area (Å²) in [5.74, 6) is 0.136. The summed E-state index contributed by atoms with van der Waals surface area (Å²) in [5, 5.41) is 8.92. The zero-order chi connectivity index (χ0) is 17.6. The van der Waals surface area contributed by atoms with Gasteiger partial charge in [0.05, 0.1) is 6.26 Å². The first-order valence-corrected chi connectivity index (χ1v) is 9.50. The van der Waals surface area contributed by atoms with Crippen molar-refractivity contribution in [1.29, 1.82) is 0 Å². The standard InChI is InChI=1S/C9H11Br.C8H9NO3S/c1-6-4-7(2)8(3)9(10)5-6;1-13(11,12)9-6-7-2-4-8(10)5-3-7/h4-5H,1-3H3;2-6,10H,1H3. The Morgan fingerprint density at radius 3 is 2.13 bits per heavy atom. The molecule has 0 spiro atoms. The topological polar surface area (TPSA) is 66.7 Å². The molecule has 1 N–H and O–H groups in total. The lowest BCUT2D eigenvalue weighted by Crippen LogP contribution is -1.91. The van der Waals surface area contributed by atoms with Crippen LogP contribution in [0.2, 0.25) is 0 Å². The van der Waals surface area contributed by atoms with Gasteiger partial charge >= 0.3 is 0 Å². The molecule has 0 aliphatic rings. The van der Waals surface area contributed by atoms with Crippen molar-refractivity contribution in [2.24, 2.45) is 4.40 Å². The molecular weight excluding hydrogens is 378 g/mol. The van der Waals surface area contributed by atoms with E-state index in [1.54, 1.807) is 12.1 Å². The van der Waals surface area contributed by atoms with Gasteiger partial charge in [-0.25, -0.2) is 8.42 Å². The van der Waals surface area contributed by atoms with E-state index in [9.17, 15) is 8.42 Å². The smallest absolute Gasteiger partial charge is 0.250 e. The first-order valence-electron chi connectivity index (χ1n) is 6.86. The summed E-state index contributed by atoms with van der Waals surface area (Å²) < 4.78 is 25.8. The molecule has 0 heterocycles. The highest BCUT2D eigenvalue weighted by molar-refractivity contribution is 9.10. The van der Waals surface area contributed by atoms with E-state index >= 15 is 0 Å². The highest BCUT2D eigenvalue weighted by Gasteiger charge is 1.97. The number of phenolic OH excluding ortho intramolecular Hbond substituents is 1. The highest BCUT2D eigenvalue weighted by Crippen LogP contribution is 2.20. The fourth-order valence-electron chi connectivity index (χ4n) is 1.70. The Kier molecular flexibility index (Phi) is 6.97. The van der Waals surface area contributed by atoms with E-state index in [0.29, 0.717) is 5.56 Å². The maximum atomic E-state index is 10.6. The monoisotopic (exact) mass is 397 g/mol. The summed E-state index contributed by atoms with van der Waals surface area (Å²) >= 11 is 3.50. The molecule has 2 aromatic rings. The lowest BCUT2D eigenvalue weighted by molar-refractivity contribution is 0.475. The molecule has 0 aliphatic carbocycles. The second kappa shape index (κ2) is 8.26. The van der Waals surface area contributed by atoms with Gasteiger partial charge < -0.3 is 5.11 Å². The number of aromatic hydroxyl groups is 1. The molecule has 23 heavy (non-hydrogen) atoms. The first-order chi connectivity index (χ1) is 10.6. The fourth-order valence-corrected chi connectivity index (χ4v) is 2.69. The second-order valence-electron chi connectivity index (χ2n) is 5.25. The second-order valence-corrected chi connectivity index (χ2v) is 7.78. The van der Waals surface area contributed by atoms with Crippen molar-refractivity contribution in [2.45, 2.75) is 20.8 Å². The predicted molar refractivity (Wildman–Crippen MR) is 98.9 cm³/mol. The largest absolute Gasteiger partial charge is 0.508 e. The van der Waals surface area contributed by atoms with Gasteiger partial charge in [-0.2, -0.15) is 4.40 Å². The lowest BCUT2D eigenvalue weighted by atomic mass is 10.1. The number of benzene rings is 2. The van der Waals surface area contributed by atoms with Gasteiger partial charge in [-0.1, -0.05) is 22.0 Å². The van der Waals surface area contributed by atoms with Crippen molar-refractivity contribution in [1.82, 2.24) is 0 Å². The van der Waals surface area contributed by atoms with Gasteiger partial charge in [0.2, 0.25) is 10.0 Å². The Bertz CT molecular complexity index is 774. The molecule has 0 atom stereocenters. The molecule has 0 fully saturated rings. The Balaban J connectivity index is 0.000000238. The number of sulfonamides is 1. The molecule has 4 nitrogen and oxygen atoms in total. The average Bonchev–Trinajstić information content (AvgIpc) is 2.44. The van der Waals surface area contributed by atoms with E-state index in [1.807, 2.05) is 0 Å². The van der Waals surface area contributed by atoms with Gasteiger partial charge in [0.25, 0.3) is 0 Å². The summed E-state index contributed by atoms with van der Waals surface area (Å²) in [4.78, 5) is 0. The number of hydrogen-bond donors (Lipinski definition) is 1. The molecule has 0 aromatic heterocycles. The lowest BCUT2D eigenvalue weighted by Gasteiger charge is -2.03. The molecule has 0 amide bonds. The number of hydrogen-bond acceptors (Lipinski definition) is 3. The molecule has 0 saturated carbocycles. The maximum Gasteiger partial charge on any atom is 0.250 e. The number of nitrogens with zero attached hydrogens (tertiary/aromatic N) is 1. The van der Waals surface area contributed by atoms with E-state index in [4.69, 9.17) is 5.11 Å². The van der Waals surface area contributed by atoms with E-state index < -0.39 is 10.0 Å². The van der Waals surface area contributed by atoms with Gasteiger partial charge in [-0.05, 0) is 73.4 Å². The number of rotatable bonds is 2. The van der Waals surface area contributed by atoms with Crippen molar-refractivity contribution in [3.8, 4) is 5.75 Å². The minimum atomic E-state index is -3.33. The molecule has 2 rings (SSSR count). The zero-order valence-electron chi connectivity index (χ0n) is 13.5. The van der Waals surface area contributed by atoms with E-state index in [-0.39, 0.29) is 5.75 Å². The van der Waals surface area contributed by atoms with Crippen LogP contribution in [-0.4, -0.2) is 26.0 Å². The average molecular weight is 398 g/mol. The van der Waals surface area contributed by atoms with Crippen LogP contribution in [0, 0.1) is 20.8 Å². The van der Waals surface area contributed by atoms with E-state index in [1.165, 1.54) is 39.5 Å². The van der Waals surface area contributed by atoms with Crippen LogP contribution in [0.3, 0.4) is 0 Å². The third-order valence-electron chi connectivity index (χ3n) is 3.03. The molecule has 2 aromatic carbocycles. The number of halogens is 1. The van der Waals surface area contributed by atoms with Crippen LogP contribution >= 0.6 is 15.9 Å². The molecule has 0 aliphatic heterocycles. The summed E-state index contributed by atoms with van der Waals surface area (Å²) in [5.41, 5.74) is 4.63. The van der Waals surface area contributed by atoms with Gasteiger partial charge in [0, 0.05) is 10.7 Å². The Morgan fingerprint density at radius 2 is 1.65 bits per heavy atom. The summed E-state index contributed by atoms with van der Waals surface area (Å²) in [6, 6.07) is 10.4. The van der Waals surface area contributed by atoms with Gasteiger partial charge in [-0.3, -0.25) is 0 Å². The molecular formula is C17H20BrNO3S. The molecule has 0 unspecified atom stereocenters. The number of aryl methyl sites for hydroxylation is 2. The van der Waals surface area contributed by atoms with Gasteiger partial charge in [0.1, 0.15) is 5.75 Å². The Labute approximate surface area is 146 Å². The van der Waals surface area contributed by atoms with Gasteiger partial charge in [-0.15, -0.1) is 0 Å². The van der Waals surface area contributed by atoms with Crippen molar-refractivity contribution in [3.63, 3.8) is 0 Å². The van der Waals surface area contributed by atoms with Crippen LogP contribution in [0.15, 0.2) is 45.3 Å². The Hall–Kier alpha value is -1.66. The number of phenols is 1. The van der Waals surface area contributed by atoms with E-state index in [2.05, 4.69) is 53.2 Å². The van der Waals surface area contributed by atoms with E-state index in [0.717, 1.165) is 6.26 Å². The van der Waals surface area contributed by atoms with Crippen molar-refractivity contribution in [3.05, 3.63) is 63.1 Å². The van der Waals surface area contributed by atoms with Crippen LogP contribution in [0.5, 0.6) is 5.75 Å². The predicted octanol–water partition coefficient (Wildman–Crippen LogP) is 4.15. The van der Waals surface area contributed by atoms with Crippen molar-refractivity contribution in [2.75, 3.05) is 6.26 Å². The van der Waals surface area contributed by atoms with Gasteiger partial charge in [0.15, 0.2) is 0 Å². The third-order valence-corrected chi connectivity index (χ3v) is 4.35. The van der Waals surface area contributed by atoms with Crippen LogP contribution in [0.25, 0.3) is 0 Å². The molecule has 0 radical (unpaired) electrons. The quantitative estimate of drug-likeness (QED) is 0.773. The van der Waals surface area contributed by atoms with Crippen LogP contribution in [-0.2, 0) is 10.0 Å². The summed E-state index contributed by atoms with van der Waals surface area (Å²) in [6.07, 6.45) is 2.25. The molecule has 0 saturated heterocycles. The first kappa shape index (κ1) is 19.4. The molecule has 6 heteroatoms. The summed E-state index contributed by atoms with van der Waals surface area (Å²) in [6.45, 7) is 6.36. The third kappa shape index (κ3) is 7.43. The fraction of sp³-hybridized carbons (Fsp3) is 0.235.